The lowest BCUT2D eigenvalue weighted by molar-refractivity contribution is -0.430. The van der Waals surface area contributed by atoms with Gasteiger partial charge in [-0.2, -0.15) is 4.58 Å². The second kappa shape index (κ2) is 21.4. The van der Waals surface area contributed by atoms with Gasteiger partial charge in [0.25, 0.3) is 0 Å². The number of anilines is 2. The van der Waals surface area contributed by atoms with Crippen LogP contribution >= 0.6 is 0 Å². The van der Waals surface area contributed by atoms with Crippen molar-refractivity contribution in [3.8, 4) is 5.75 Å². The standard InChI is InChI=1S/C50H60N2O8/c1-7-11-17-35(9-3)31-59-45(55)29-51(37-19-13-15-33(5)25-37)39-21-23-41(43(53)27-39)47-49(57)48(50(47)58)42-24-22-40(28-44(42)54)52(38-20-14-16-34(6)26-38)30-46(56)60-32-36(10-4)18-12-8-2/h13-16,19-28,35-36H,7-12,17-18,29-32H2,1-6H3,(H2,53,54,57,58)/p+1. The van der Waals surface area contributed by atoms with Gasteiger partial charge in [0.1, 0.15) is 23.8 Å². The molecule has 0 saturated carbocycles. The van der Waals surface area contributed by atoms with Gasteiger partial charge in [0.15, 0.2) is 0 Å². The topological polar surface area (TPSA) is 137 Å². The van der Waals surface area contributed by atoms with Crippen molar-refractivity contribution in [2.75, 3.05) is 31.2 Å². The molecule has 0 radical (unpaired) electrons. The predicted octanol–water partition coefficient (Wildman–Crippen LogP) is 10.6. The molecule has 0 amide bonds. The number of unbranched alkanes of at least 4 members (excludes halogenated alkanes) is 2. The fourth-order valence-corrected chi connectivity index (χ4v) is 7.52. The molecule has 2 unspecified atom stereocenters. The predicted molar refractivity (Wildman–Crippen MR) is 237 cm³/mol. The molecule has 3 N–H and O–H groups in total. The summed E-state index contributed by atoms with van der Waals surface area (Å²) in [4.78, 5) is 41.9. The molecule has 318 valence electrons. The van der Waals surface area contributed by atoms with Crippen LogP contribution in [0.1, 0.15) is 95.8 Å². The van der Waals surface area contributed by atoms with Crippen molar-refractivity contribution in [1.82, 2.24) is 0 Å². The molecule has 2 aliphatic carbocycles. The Morgan fingerprint density at radius 2 is 1.35 bits per heavy atom. The van der Waals surface area contributed by atoms with Crippen LogP contribution in [0.25, 0.3) is 5.57 Å². The average molecular weight is 818 g/mol. The summed E-state index contributed by atoms with van der Waals surface area (Å²) in [6.45, 7) is 12.8. The Hall–Kier alpha value is -5.90. The molecule has 2 aliphatic rings. The SMILES string of the molecule is CCCCC(CC)COC(=O)CN(c1cccc(C)c1)c1ccc(C2=C(O)/C(=C3\C=CC(=[N+](CC(=O)OCC(CC)CCCC)c4cccc(C)c4)C=C3O)C2=O)c(O)c1. The number of hydrogen-bond donors (Lipinski definition) is 3. The Morgan fingerprint density at radius 1 is 0.733 bits per heavy atom. The molecule has 0 fully saturated rings. The van der Waals surface area contributed by atoms with E-state index in [2.05, 4.69) is 27.7 Å². The molecule has 5 rings (SSSR count). The molecule has 0 spiro atoms. The number of aliphatic hydroxyl groups is 2. The summed E-state index contributed by atoms with van der Waals surface area (Å²) < 4.78 is 13.2. The first kappa shape index (κ1) is 45.2. The molecular weight excluding hydrogens is 757 g/mol. The first-order valence-corrected chi connectivity index (χ1v) is 21.4. The molecule has 0 aliphatic heterocycles. The molecule has 0 bridgehead atoms. The van der Waals surface area contributed by atoms with Crippen molar-refractivity contribution in [3.05, 3.63) is 124 Å². The van der Waals surface area contributed by atoms with Gasteiger partial charge in [-0.25, -0.2) is 4.79 Å². The van der Waals surface area contributed by atoms with E-state index in [4.69, 9.17) is 9.47 Å². The van der Waals surface area contributed by atoms with Crippen LogP contribution in [0.15, 0.2) is 108 Å². The monoisotopic (exact) mass is 817 g/mol. The largest absolute Gasteiger partial charge is 0.507 e. The van der Waals surface area contributed by atoms with E-state index in [9.17, 15) is 29.7 Å². The number of esters is 2. The van der Waals surface area contributed by atoms with E-state index in [0.717, 1.165) is 73.9 Å². The smallest absolute Gasteiger partial charge is 0.372 e. The number of aliphatic hydroxyl groups excluding tert-OH is 2. The number of hydrogen-bond acceptors (Lipinski definition) is 9. The highest BCUT2D eigenvalue weighted by Gasteiger charge is 2.40. The number of phenolic OH excluding ortho intramolecular Hbond substituents is 1. The van der Waals surface area contributed by atoms with Crippen molar-refractivity contribution in [2.45, 2.75) is 92.9 Å². The summed E-state index contributed by atoms with van der Waals surface area (Å²) in [5.41, 5.74) is 4.42. The van der Waals surface area contributed by atoms with Gasteiger partial charge < -0.3 is 29.7 Å². The summed E-state index contributed by atoms with van der Waals surface area (Å²) >= 11 is 0. The Morgan fingerprint density at radius 3 is 1.92 bits per heavy atom. The number of Topliss-reactive ketones (excluding diaryl/α,β-unsaturated/α-hetero) is 1. The minimum atomic E-state index is -0.557. The van der Waals surface area contributed by atoms with Crippen LogP contribution in [-0.4, -0.2) is 69.6 Å². The lowest BCUT2D eigenvalue weighted by Gasteiger charge is -2.27. The van der Waals surface area contributed by atoms with Crippen molar-refractivity contribution < 1.29 is 43.8 Å². The number of benzene rings is 3. The molecule has 2 atom stereocenters. The molecule has 60 heavy (non-hydrogen) atoms. The molecule has 0 saturated heterocycles. The summed E-state index contributed by atoms with van der Waals surface area (Å²) in [6, 6.07) is 19.9. The van der Waals surface area contributed by atoms with Gasteiger partial charge in [-0.15, -0.1) is 0 Å². The highest BCUT2D eigenvalue weighted by atomic mass is 16.5. The number of allylic oxidation sites excluding steroid dienone is 5. The van der Waals surface area contributed by atoms with E-state index in [0.29, 0.717) is 24.6 Å². The number of carbonyl (C=O) groups is 3. The summed E-state index contributed by atoms with van der Waals surface area (Å²) in [5.74, 6) is -1.70. The second-order valence-corrected chi connectivity index (χ2v) is 15.9. The third kappa shape index (κ3) is 11.2. The Balaban J connectivity index is 1.40. The molecule has 3 aromatic rings. The Kier molecular flexibility index (Phi) is 16.1. The number of rotatable bonds is 20. The number of phenols is 1. The third-order valence-corrected chi connectivity index (χ3v) is 11.3. The van der Waals surface area contributed by atoms with Gasteiger partial charge in [0.05, 0.1) is 30.4 Å². The van der Waals surface area contributed by atoms with Crippen LogP contribution in [0, 0.1) is 25.7 Å². The third-order valence-electron chi connectivity index (χ3n) is 11.3. The number of aryl methyl sites for hydroxylation is 2. The maximum atomic E-state index is 13.7. The van der Waals surface area contributed by atoms with Crippen LogP contribution < -0.4 is 4.90 Å². The zero-order chi connectivity index (χ0) is 43.3. The molecule has 10 nitrogen and oxygen atoms in total. The van der Waals surface area contributed by atoms with Crippen LogP contribution in [0.4, 0.5) is 17.1 Å². The van der Waals surface area contributed by atoms with Crippen LogP contribution in [0.5, 0.6) is 5.75 Å². The normalized spacial score (nSPS) is 16.8. The Labute approximate surface area is 354 Å². The lowest BCUT2D eigenvalue weighted by atomic mass is 9.79. The van der Waals surface area contributed by atoms with Gasteiger partial charge in [0.2, 0.25) is 23.7 Å². The maximum Gasteiger partial charge on any atom is 0.372 e. The van der Waals surface area contributed by atoms with Crippen molar-refractivity contribution in [1.29, 1.82) is 0 Å². The molecule has 0 heterocycles. The van der Waals surface area contributed by atoms with Gasteiger partial charge in [-0.05, 0) is 80.0 Å². The summed E-state index contributed by atoms with van der Waals surface area (Å²) in [7, 11) is 0. The van der Waals surface area contributed by atoms with Crippen LogP contribution in [0.2, 0.25) is 0 Å². The maximum absolute atomic E-state index is 13.7. The van der Waals surface area contributed by atoms with E-state index >= 15 is 0 Å². The second-order valence-electron chi connectivity index (χ2n) is 15.9. The van der Waals surface area contributed by atoms with Crippen LogP contribution in [0.3, 0.4) is 0 Å². The minimum absolute atomic E-state index is 0.0924. The molecule has 3 aromatic carbocycles. The van der Waals surface area contributed by atoms with E-state index in [1.165, 1.54) is 24.3 Å². The lowest BCUT2D eigenvalue weighted by Crippen LogP contribution is -2.28. The van der Waals surface area contributed by atoms with Gasteiger partial charge >= 0.3 is 11.9 Å². The molecule has 0 aromatic heterocycles. The van der Waals surface area contributed by atoms with Crippen molar-refractivity contribution >= 4 is 46.1 Å². The number of nitrogens with zero attached hydrogens (tertiary/aromatic N) is 2. The molecular formula is C50H61N2O8+. The first-order valence-electron chi connectivity index (χ1n) is 21.4. The quantitative estimate of drug-likeness (QED) is 0.0578. The van der Waals surface area contributed by atoms with E-state index < -0.39 is 17.7 Å². The highest BCUT2D eigenvalue weighted by Crippen LogP contribution is 2.44. The fourth-order valence-electron chi connectivity index (χ4n) is 7.52. The van der Waals surface area contributed by atoms with E-state index in [1.54, 1.807) is 21.6 Å². The highest BCUT2D eigenvalue weighted by molar-refractivity contribution is 6.40. The fraction of sp³-hybridized carbons (Fsp3) is 0.400. The number of ketones is 1. The van der Waals surface area contributed by atoms with E-state index in [1.807, 2.05) is 62.4 Å². The summed E-state index contributed by atoms with van der Waals surface area (Å²) in [6.07, 6.45) is 12.8. The number of carbonyl (C=O) groups excluding carboxylic acids is 3. The number of aromatic hydroxyl groups is 1. The van der Waals surface area contributed by atoms with Crippen LogP contribution in [-0.2, 0) is 23.9 Å². The Bertz CT molecular complexity index is 2210. The van der Waals surface area contributed by atoms with Crippen molar-refractivity contribution in [3.63, 3.8) is 0 Å². The van der Waals surface area contributed by atoms with Gasteiger partial charge in [-0.3, -0.25) is 9.59 Å². The van der Waals surface area contributed by atoms with E-state index in [-0.39, 0.29) is 64.5 Å². The zero-order valence-corrected chi connectivity index (χ0v) is 36.0. The van der Waals surface area contributed by atoms with Crippen molar-refractivity contribution in [2.24, 2.45) is 11.8 Å². The van der Waals surface area contributed by atoms with Gasteiger partial charge in [0, 0.05) is 46.8 Å². The molecule has 10 heteroatoms. The zero-order valence-electron chi connectivity index (χ0n) is 36.0. The average Bonchev–Trinajstić information content (AvgIpc) is 3.23. The minimum Gasteiger partial charge on any atom is -0.507 e. The number of ether oxygens (including phenoxy) is 2. The first-order chi connectivity index (χ1) is 28.9. The summed E-state index contributed by atoms with van der Waals surface area (Å²) in [5, 5.41) is 34.0. The van der Waals surface area contributed by atoms with Gasteiger partial charge in [-0.1, -0.05) is 90.5 Å².